The predicted molar refractivity (Wildman–Crippen MR) is 149 cm³/mol. The Morgan fingerprint density at radius 2 is 1.48 bits per heavy atom. The number of carbonyl (C=O) groups is 2. The zero-order chi connectivity index (χ0) is 30.4. The van der Waals surface area contributed by atoms with Crippen molar-refractivity contribution in [2.75, 3.05) is 26.3 Å². The summed E-state index contributed by atoms with van der Waals surface area (Å²) in [6.45, 7) is 2.77. The van der Waals surface area contributed by atoms with Gasteiger partial charge in [0.1, 0.15) is 23.9 Å². The maximum atomic E-state index is 13.0. The molecule has 0 aliphatic heterocycles. The topological polar surface area (TPSA) is 94.5 Å². The lowest BCUT2D eigenvalue weighted by Crippen LogP contribution is -2.37. The summed E-state index contributed by atoms with van der Waals surface area (Å²) >= 11 is 0. The molecule has 226 valence electrons. The molecule has 0 fully saturated rings. The van der Waals surface area contributed by atoms with Crippen molar-refractivity contribution in [2.24, 2.45) is 0 Å². The van der Waals surface area contributed by atoms with Crippen LogP contribution >= 0.6 is 0 Å². The molecule has 1 atom stereocenters. The number of unbranched alkanes of at least 4 members (excludes halogenated alkanes) is 1. The van der Waals surface area contributed by atoms with Crippen molar-refractivity contribution in [1.29, 1.82) is 0 Å². The Hall–Kier alpha value is -4.25. The standard InChI is InChI=1S/C31H34F3NO7/c1-2-39-28(29(36)37)22-24-11-13-25(14-12-24)40-21-20-35(19-7-6-10-23-8-4-3-5-9-23)30(38)41-26-15-17-27(18-16-26)42-31(32,33)34/h3-5,8-9,11-18,28H,2,6-7,10,19-22H2,1H3,(H,36,37). The molecule has 0 aromatic heterocycles. The first kappa shape index (κ1) is 32.3. The number of halogens is 3. The number of carbonyl (C=O) groups excluding carboxylic acids is 1. The Morgan fingerprint density at radius 3 is 2.10 bits per heavy atom. The zero-order valence-electron chi connectivity index (χ0n) is 23.2. The molecule has 0 saturated heterocycles. The summed E-state index contributed by atoms with van der Waals surface area (Å²) in [5.41, 5.74) is 1.97. The van der Waals surface area contributed by atoms with Crippen LogP contribution in [0.25, 0.3) is 0 Å². The Kier molecular flexibility index (Phi) is 12.5. The van der Waals surface area contributed by atoms with Crippen molar-refractivity contribution in [2.45, 2.75) is 45.1 Å². The van der Waals surface area contributed by atoms with Crippen LogP contribution in [0.4, 0.5) is 18.0 Å². The van der Waals surface area contributed by atoms with E-state index >= 15 is 0 Å². The second-order valence-corrected chi connectivity index (χ2v) is 9.30. The molecule has 1 unspecified atom stereocenters. The number of alkyl halides is 3. The van der Waals surface area contributed by atoms with Crippen molar-refractivity contribution in [3.63, 3.8) is 0 Å². The molecule has 0 aliphatic rings. The number of amides is 1. The second kappa shape index (κ2) is 16.3. The van der Waals surface area contributed by atoms with Gasteiger partial charge in [-0.15, -0.1) is 13.2 Å². The van der Waals surface area contributed by atoms with Crippen molar-refractivity contribution in [3.8, 4) is 17.2 Å². The third-order valence-corrected chi connectivity index (χ3v) is 6.12. The summed E-state index contributed by atoms with van der Waals surface area (Å²) in [5, 5.41) is 9.28. The average Bonchev–Trinajstić information content (AvgIpc) is 2.95. The van der Waals surface area contributed by atoms with Gasteiger partial charge < -0.3 is 29.0 Å². The van der Waals surface area contributed by atoms with E-state index in [4.69, 9.17) is 14.2 Å². The van der Waals surface area contributed by atoms with E-state index in [1.165, 1.54) is 22.6 Å². The number of hydrogen-bond donors (Lipinski definition) is 1. The van der Waals surface area contributed by atoms with E-state index in [9.17, 15) is 27.9 Å². The summed E-state index contributed by atoms with van der Waals surface area (Å²) in [5.74, 6) is -0.832. The molecule has 3 aromatic carbocycles. The Morgan fingerprint density at radius 1 is 0.833 bits per heavy atom. The van der Waals surface area contributed by atoms with Crippen LogP contribution in [0, 0.1) is 0 Å². The quantitative estimate of drug-likeness (QED) is 0.190. The van der Waals surface area contributed by atoms with E-state index in [2.05, 4.69) is 4.74 Å². The van der Waals surface area contributed by atoms with Gasteiger partial charge in [-0.1, -0.05) is 42.5 Å². The largest absolute Gasteiger partial charge is 0.573 e. The van der Waals surface area contributed by atoms with Gasteiger partial charge in [0.15, 0.2) is 6.10 Å². The highest BCUT2D eigenvalue weighted by atomic mass is 19.4. The van der Waals surface area contributed by atoms with Crippen LogP contribution in [0.1, 0.15) is 30.9 Å². The fraction of sp³-hybridized carbons (Fsp3) is 0.355. The number of aryl methyl sites for hydroxylation is 1. The summed E-state index contributed by atoms with van der Waals surface area (Å²) in [6, 6.07) is 21.5. The Labute approximate surface area is 242 Å². The maximum absolute atomic E-state index is 13.0. The van der Waals surface area contributed by atoms with Gasteiger partial charge >= 0.3 is 18.4 Å². The summed E-state index contributed by atoms with van der Waals surface area (Å²) in [6.07, 6.45) is -3.82. The summed E-state index contributed by atoms with van der Waals surface area (Å²) in [7, 11) is 0. The summed E-state index contributed by atoms with van der Waals surface area (Å²) < 4.78 is 57.6. The van der Waals surface area contributed by atoms with Crippen LogP contribution in [0.15, 0.2) is 78.9 Å². The molecule has 1 N–H and O–H groups in total. The molecule has 0 heterocycles. The van der Waals surface area contributed by atoms with E-state index in [-0.39, 0.29) is 25.3 Å². The zero-order valence-corrected chi connectivity index (χ0v) is 23.2. The molecule has 3 rings (SSSR count). The highest BCUT2D eigenvalue weighted by Crippen LogP contribution is 2.25. The third kappa shape index (κ3) is 11.7. The second-order valence-electron chi connectivity index (χ2n) is 9.30. The molecule has 1 amide bonds. The Balaban J connectivity index is 1.56. The molecule has 42 heavy (non-hydrogen) atoms. The first-order valence-corrected chi connectivity index (χ1v) is 13.6. The number of carboxylic acids is 1. The number of ether oxygens (including phenoxy) is 4. The van der Waals surface area contributed by atoms with Crippen molar-refractivity contribution >= 4 is 12.1 Å². The first-order chi connectivity index (χ1) is 20.1. The first-order valence-electron chi connectivity index (χ1n) is 13.6. The van der Waals surface area contributed by atoms with Gasteiger partial charge in [-0.05, 0) is 73.7 Å². The minimum absolute atomic E-state index is 0.0760. The third-order valence-electron chi connectivity index (χ3n) is 6.12. The highest BCUT2D eigenvalue weighted by molar-refractivity contribution is 5.72. The average molecular weight is 590 g/mol. The van der Waals surface area contributed by atoms with Crippen LogP contribution in [0.5, 0.6) is 17.2 Å². The molecule has 8 nitrogen and oxygen atoms in total. The molecular weight excluding hydrogens is 555 g/mol. The maximum Gasteiger partial charge on any atom is 0.573 e. The normalized spacial score (nSPS) is 11.9. The molecule has 0 spiro atoms. The molecule has 0 aliphatic carbocycles. The summed E-state index contributed by atoms with van der Waals surface area (Å²) in [4.78, 5) is 25.8. The number of nitrogens with zero attached hydrogens (tertiary/aromatic N) is 1. The molecule has 0 saturated carbocycles. The lowest BCUT2D eigenvalue weighted by atomic mass is 10.1. The number of hydrogen-bond acceptors (Lipinski definition) is 6. The van der Waals surface area contributed by atoms with Gasteiger partial charge in [-0.3, -0.25) is 0 Å². The highest BCUT2D eigenvalue weighted by Gasteiger charge is 2.31. The number of benzene rings is 3. The van der Waals surface area contributed by atoms with Crippen LogP contribution in [0.3, 0.4) is 0 Å². The molecule has 0 bridgehead atoms. The van der Waals surface area contributed by atoms with Gasteiger partial charge in [0.05, 0.1) is 6.54 Å². The van der Waals surface area contributed by atoms with Crippen LogP contribution in [0.2, 0.25) is 0 Å². The SMILES string of the molecule is CCOC(Cc1ccc(OCCN(CCCCc2ccccc2)C(=O)Oc2ccc(OC(F)(F)F)cc2)cc1)C(=O)O. The molecule has 0 radical (unpaired) electrons. The van der Waals surface area contributed by atoms with Gasteiger partial charge in [0.25, 0.3) is 0 Å². The van der Waals surface area contributed by atoms with Gasteiger partial charge in [0, 0.05) is 19.6 Å². The van der Waals surface area contributed by atoms with Crippen molar-refractivity contribution in [1.82, 2.24) is 4.90 Å². The van der Waals surface area contributed by atoms with E-state index in [0.29, 0.717) is 25.3 Å². The van der Waals surface area contributed by atoms with Gasteiger partial charge in [-0.2, -0.15) is 0 Å². The fourth-order valence-corrected chi connectivity index (χ4v) is 4.07. The van der Waals surface area contributed by atoms with Crippen LogP contribution in [-0.2, 0) is 22.4 Å². The minimum atomic E-state index is -4.82. The van der Waals surface area contributed by atoms with Crippen molar-refractivity contribution in [3.05, 3.63) is 90.0 Å². The number of aliphatic carboxylic acids is 1. The molecule has 3 aromatic rings. The van der Waals surface area contributed by atoms with E-state index in [0.717, 1.165) is 30.5 Å². The minimum Gasteiger partial charge on any atom is -0.492 e. The van der Waals surface area contributed by atoms with Crippen molar-refractivity contribution < 1.29 is 46.8 Å². The van der Waals surface area contributed by atoms with E-state index < -0.39 is 30.3 Å². The number of carboxylic acid groups (broad SMARTS) is 1. The molecule has 11 heteroatoms. The lowest BCUT2D eigenvalue weighted by molar-refractivity contribution is -0.274. The van der Waals surface area contributed by atoms with Gasteiger partial charge in [0.2, 0.25) is 0 Å². The smallest absolute Gasteiger partial charge is 0.492 e. The molecular formula is C31H34F3NO7. The Bertz CT molecular complexity index is 1240. The predicted octanol–water partition coefficient (Wildman–Crippen LogP) is 6.52. The fourth-order valence-electron chi connectivity index (χ4n) is 4.07. The lowest BCUT2D eigenvalue weighted by Gasteiger charge is -2.22. The number of rotatable bonds is 16. The van der Waals surface area contributed by atoms with E-state index in [1.807, 2.05) is 30.3 Å². The van der Waals surface area contributed by atoms with E-state index in [1.54, 1.807) is 31.2 Å². The van der Waals surface area contributed by atoms with Crippen LogP contribution < -0.4 is 14.2 Å². The van der Waals surface area contributed by atoms with Gasteiger partial charge in [-0.25, -0.2) is 9.59 Å². The monoisotopic (exact) mass is 589 g/mol. The van der Waals surface area contributed by atoms with Crippen LogP contribution in [-0.4, -0.2) is 60.8 Å².